The number of benzene rings is 1. The van der Waals surface area contributed by atoms with Crippen LogP contribution in [0.2, 0.25) is 0 Å². The van der Waals surface area contributed by atoms with Crippen LogP contribution < -0.4 is 10.3 Å². The Balaban J connectivity index is 2.21. The van der Waals surface area contributed by atoms with Gasteiger partial charge >= 0.3 is 5.97 Å². The van der Waals surface area contributed by atoms with E-state index >= 15 is 0 Å². The van der Waals surface area contributed by atoms with Gasteiger partial charge in [-0.15, -0.1) is 0 Å². The molecule has 0 aliphatic heterocycles. The molecule has 0 saturated heterocycles. The summed E-state index contributed by atoms with van der Waals surface area (Å²) in [6, 6.07) is 8.75. The highest BCUT2D eigenvalue weighted by Gasteiger charge is 2.21. The van der Waals surface area contributed by atoms with E-state index in [1.165, 1.54) is 4.57 Å². The number of halogens is 1. The number of carbonyl (C=O) groups excluding carboxylic acids is 1. The average Bonchev–Trinajstić information content (AvgIpc) is 2.63. The lowest BCUT2D eigenvalue weighted by molar-refractivity contribution is -0.155. The third-order valence-electron chi connectivity index (χ3n) is 3.81. The molecule has 0 unspecified atom stereocenters. The second-order valence-corrected chi connectivity index (χ2v) is 8.09. The second-order valence-electron chi connectivity index (χ2n) is 7.17. The number of carbonyl (C=O) groups is 1. The summed E-state index contributed by atoms with van der Waals surface area (Å²) in [6.07, 6.45) is 1.57. The number of hydrogen-bond acceptors (Lipinski definition) is 6. The largest absolute Gasteiger partial charge is 0.497 e. The first-order chi connectivity index (χ1) is 13.2. The van der Waals surface area contributed by atoms with Crippen molar-refractivity contribution in [3.8, 4) is 17.1 Å². The van der Waals surface area contributed by atoms with E-state index in [2.05, 4.69) is 25.9 Å². The highest BCUT2D eigenvalue weighted by molar-refractivity contribution is 9.10. The van der Waals surface area contributed by atoms with Crippen molar-refractivity contribution in [2.24, 2.45) is 0 Å². The van der Waals surface area contributed by atoms with Gasteiger partial charge < -0.3 is 9.47 Å². The zero-order valence-electron chi connectivity index (χ0n) is 16.0. The second kappa shape index (κ2) is 7.71. The molecule has 0 fully saturated rings. The Hall–Kier alpha value is -2.74. The predicted molar refractivity (Wildman–Crippen MR) is 109 cm³/mol. The van der Waals surface area contributed by atoms with Gasteiger partial charge in [0.15, 0.2) is 5.65 Å². The molecule has 3 aromatic rings. The van der Waals surface area contributed by atoms with Gasteiger partial charge in [0.05, 0.1) is 12.5 Å². The van der Waals surface area contributed by atoms with Crippen LogP contribution in [0.1, 0.15) is 20.8 Å². The molecule has 1 aromatic carbocycles. The first-order valence-electron chi connectivity index (χ1n) is 8.60. The minimum Gasteiger partial charge on any atom is -0.497 e. The maximum absolute atomic E-state index is 13.2. The van der Waals surface area contributed by atoms with Crippen LogP contribution in [0.15, 0.2) is 45.8 Å². The van der Waals surface area contributed by atoms with Crippen molar-refractivity contribution in [3.05, 3.63) is 51.4 Å². The lowest BCUT2D eigenvalue weighted by Crippen LogP contribution is -2.32. The van der Waals surface area contributed by atoms with E-state index in [9.17, 15) is 9.59 Å². The zero-order valence-corrected chi connectivity index (χ0v) is 17.6. The van der Waals surface area contributed by atoms with Crippen LogP contribution in [-0.4, -0.2) is 33.2 Å². The van der Waals surface area contributed by atoms with Crippen molar-refractivity contribution >= 4 is 32.9 Å². The number of nitrogens with zero attached hydrogens (tertiary/aromatic N) is 3. The van der Waals surface area contributed by atoms with Gasteiger partial charge in [0.25, 0.3) is 5.56 Å². The number of esters is 1. The Kier molecular flexibility index (Phi) is 5.51. The Morgan fingerprint density at radius 3 is 2.68 bits per heavy atom. The molecule has 0 amide bonds. The molecule has 0 aliphatic rings. The molecule has 28 heavy (non-hydrogen) atoms. The quantitative estimate of drug-likeness (QED) is 0.570. The molecule has 2 heterocycles. The van der Waals surface area contributed by atoms with E-state index in [1.807, 2.05) is 0 Å². The van der Waals surface area contributed by atoms with Gasteiger partial charge in [0, 0.05) is 16.2 Å². The maximum Gasteiger partial charge on any atom is 0.326 e. The summed E-state index contributed by atoms with van der Waals surface area (Å²) < 4.78 is 12.6. The van der Waals surface area contributed by atoms with Crippen LogP contribution in [0, 0.1) is 0 Å². The first-order valence-corrected chi connectivity index (χ1v) is 9.39. The van der Waals surface area contributed by atoms with Gasteiger partial charge in [0.1, 0.15) is 23.7 Å². The van der Waals surface area contributed by atoms with Gasteiger partial charge in [-0.05, 0) is 54.9 Å². The lowest BCUT2D eigenvalue weighted by Gasteiger charge is -2.20. The van der Waals surface area contributed by atoms with Gasteiger partial charge in [-0.2, -0.15) is 0 Å². The highest BCUT2D eigenvalue weighted by Crippen LogP contribution is 2.24. The molecule has 3 rings (SSSR count). The van der Waals surface area contributed by atoms with Crippen LogP contribution in [0.5, 0.6) is 5.75 Å². The minimum absolute atomic E-state index is 0.266. The topological polar surface area (TPSA) is 83.3 Å². The predicted octanol–water partition coefficient (Wildman–Crippen LogP) is 3.57. The summed E-state index contributed by atoms with van der Waals surface area (Å²) in [5.74, 6) is 0.402. The van der Waals surface area contributed by atoms with Gasteiger partial charge in [-0.1, -0.05) is 12.1 Å². The van der Waals surface area contributed by atoms with E-state index in [1.54, 1.807) is 64.4 Å². The number of rotatable bonds is 4. The molecule has 7 nitrogen and oxygen atoms in total. The van der Waals surface area contributed by atoms with Crippen molar-refractivity contribution in [2.45, 2.75) is 32.9 Å². The molecular formula is C20H20BrN3O4. The number of methoxy groups -OCH3 is 1. The van der Waals surface area contributed by atoms with Crippen LogP contribution >= 0.6 is 15.9 Å². The fraction of sp³-hybridized carbons (Fsp3) is 0.300. The zero-order chi connectivity index (χ0) is 20.5. The van der Waals surface area contributed by atoms with Gasteiger partial charge in [-0.25, -0.2) is 9.97 Å². The molecule has 0 aliphatic carbocycles. The van der Waals surface area contributed by atoms with E-state index in [-0.39, 0.29) is 12.1 Å². The molecule has 8 heteroatoms. The number of pyridine rings is 1. The Bertz CT molecular complexity index is 1100. The van der Waals surface area contributed by atoms with Crippen LogP contribution in [0.3, 0.4) is 0 Å². The summed E-state index contributed by atoms with van der Waals surface area (Å²) in [5.41, 5.74) is -0.105. The summed E-state index contributed by atoms with van der Waals surface area (Å²) in [5, 5.41) is 0.310. The van der Waals surface area contributed by atoms with Crippen LogP contribution in [-0.2, 0) is 16.1 Å². The highest BCUT2D eigenvalue weighted by atomic mass is 79.9. The maximum atomic E-state index is 13.2. The van der Waals surface area contributed by atoms with Crippen molar-refractivity contribution in [1.29, 1.82) is 0 Å². The Morgan fingerprint density at radius 2 is 2.00 bits per heavy atom. The normalized spacial score (nSPS) is 11.5. The number of fused-ring (bicyclic) bond motifs is 1. The van der Waals surface area contributed by atoms with Crippen molar-refractivity contribution in [3.63, 3.8) is 0 Å². The summed E-state index contributed by atoms with van der Waals surface area (Å²) in [6.45, 7) is 5.06. The summed E-state index contributed by atoms with van der Waals surface area (Å²) in [4.78, 5) is 34.4. The average molecular weight is 446 g/mol. The SMILES string of the molecule is COc1cccc(-c2nc3ncc(Br)cc3c(=O)n2CC(=O)OC(C)(C)C)c1. The fourth-order valence-electron chi connectivity index (χ4n) is 2.71. The molecule has 0 radical (unpaired) electrons. The molecule has 0 saturated carbocycles. The standard InChI is InChI=1S/C20H20BrN3O4/c1-20(2,3)28-16(25)11-24-18(12-6-5-7-14(8-12)27-4)23-17-15(19(24)26)9-13(21)10-22-17/h5-10H,11H2,1-4H3. The number of aromatic nitrogens is 3. The van der Waals surface area contributed by atoms with E-state index in [0.29, 0.717) is 32.6 Å². The van der Waals surface area contributed by atoms with Crippen molar-refractivity contribution < 1.29 is 14.3 Å². The van der Waals surface area contributed by atoms with E-state index < -0.39 is 11.6 Å². The molecule has 0 atom stereocenters. The molecule has 0 bridgehead atoms. The molecule has 146 valence electrons. The van der Waals surface area contributed by atoms with E-state index in [4.69, 9.17) is 9.47 Å². The molecule has 0 spiro atoms. The summed E-state index contributed by atoms with van der Waals surface area (Å²) in [7, 11) is 1.56. The third-order valence-corrected chi connectivity index (χ3v) is 4.25. The summed E-state index contributed by atoms with van der Waals surface area (Å²) >= 11 is 3.32. The molecule has 2 aromatic heterocycles. The van der Waals surface area contributed by atoms with Crippen molar-refractivity contribution in [2.75, 3.05) is 7.11 Å². The van der Waals surface area contributed by atoms with Crippen molar-refractivity contribution in [1.82, 2.24) is 14.5 Å². The van der Waals surface area contributed by atoms with E-state index in [0.717, 1.165) is 0 Å². The molecule has 0 N–H and O–H groups in total. The fourth-order valence-corrected chi connectivity index (χ4v) is 3.04. The van der Waals surface area contributed by atoms with Gasteiger partial charge in [0.2, 0.25) is 0 Å². The Labute approximate surface area is 170 Å². The monoisotopic (exact) mass is 445 g/mol. The van der Waals surface area contributed by atoms with Crippen LogP contribution in [0.25, 0.3) is 22.4 Å². The Morgan fingerprint density at radius 1 is 1.25 bits per heavy atom. The number of ether oxygens (including phenoxy) is 2. The number of hydrogen-bond donors (Lipinski definition) is 0. The van der Waals surface area contributed by atoms with Gasteiger partial charge in [-0.3, -0.25) is 14.2 Å². The smallest absolute Gasteiger partial charge is 0.326 e. The lowest BCUT2D eigenvalue weighted by atomic mass is 10.2. The minimum atomic E-state index is -0.661. The molecular weight excluding hydrogens is 426 g/mol. The first kappa shape index (κ1) is 20.0. The van der Waals surface area contributed by atoms with Crippen LogP contribution in [0.4, 0.5) is 0 Å². The third kappa shape index (κ3) is 4.39.